The lowest BCUT2D eigenvalue weighted by Crippen LogP contribution is -1.69. The molecule has 0 aliphatic heterocycles. The molecule has 0 radical (unpaired) electrons. The van der Waals surface area contributed by atoms with Crippen molar-refractivity contribution >= 4 is 10.9 Å². The fourth-order valence-corrected chi connectivity index (χ4v) is 1.11. The highest BCUT2D eigenvalue weighted by Gasteiger charge is 1.85. The van der Waals surface area contributed by atoms with E-state index in [1.807, 2.05) is 30.3 Å². The minimum atomic E-state index is 0.953. The second-order valence-corrected chi connectivity index (χ2v) is 2.60. The average Bonchev–Trinajstić information content (AvgIpc) is 2.28. The summed E-state index contributed by atoms with van der Waals surface area (Å²) in [6, 6.07) is 11.6. The summed E-state index contributed by atoms with van der Waals surface area (Å²) >= 11 is 0. The molecule has 0 saturated heterocycles. The molecule has 0 atom stereocenters. The third-order valence-corrected chi connectivity index (χ3v) is 1.72. The maximum atomic E-state index is 5.06. The fourth-order valence-electron chi connectivity index (χ4n) is 1.11. The third kappa shape index (κ3) is 1.85. The summed E-state index contributed by atoms with van der Waals surface area (Å²) in [5, 5.41) is 1.06. The van der Waals surface area contributed by atoms with Gasteiger partial charge in [-0.2, -0.15) is 0 Å². The molecule has 2 heteroatoms. The molecule has 0 amide bonds. The highest BCUT2D eigenvalue weighted by Crippen LogP contribution is 2.06. The number of nitrogens with zero attached hydrogens (tertiary/aromatic N) is 1. The Labute approximate surface area is 76.2 Å². The van der Waals surface area contributed by atoms with Gasteiger partial charge in [0, 0.05) is 11.6 Å². The first-order valence-corrected chi connectivity index (χ1v) is 4.07. The van der Waals surface area contributed by atoms with Crippen LogP contribution in [0.1, 0.15) is 0 Å². The van der Waals surface area contributed by atoms with E-state index in [4.69, 9.17) is 4.42 Å². The minimum absolute atomic E-state index is 0.953. The van der Waals surface area contributed by atoms with Crippen LogP contribution in [0.3, 0.4) is 0 Å². The van der Waals surface area contributed by atoms with Gasteiger partial charge in [0.15, 0.2) is 0 Å². The van der Waals surface area contributed by atoms with Crippen molar-refractivity contribution in [3.8, 4) is 0 Å². The third-order valence-electron chi connectivity index (χ3n) is 1.72. The molecule has 1 aromatic carbocycles. The molecule has 2 nitrogen and oxygen atoms in total. The molecule has 2 rings (SSSR count). The van der Waals surface area contributed by atoms with Crippen molar-refractivity contribution in [2.24, 2.45) is 0 Å². The normalized spacial score (nSPS) is 9.54. The minimum Gasteiger partial charge on any atom is -0.473 e. The molecule has 0 aliphatic carbocycles. The molecule has 2 aromatic rings. The van der Waals surface area contributed by atoms with Gasteiger partial charge >= 0.3 is 0 Å². The van der Waals surface area contributed by atoms with Gasteiger partial charge in [0.25, 0.3) is 0 Å². The number of para-hydroxylation sites is 1. The van der Waals surface area contributed by atoms with Crippen LogP contribution in [0.2, 0.25) is 0 Å². The Morgan fingerprint density at radius 2 is 1.85 bits per heavy atom. The van der Waals surface area contributed by atoms with Gasteiger partial charge in [-0.3, -0.25) is 4.98 Å². The Morgan fingerprint density at radius 3 is 2.85 bits per heavy atom. The topological polar surface area (TPSA) is 26.0 Å². The number of aromatic nitrogens is 1. The summed E-state index contributed by atoms with van der Waals surface area (Å²) in [6.07, 6.45) is 4.95. The van der Waals surface area contributed by atoms with Crippen LogP contribution in [0.5, 0.6) is 0 Å². The number of hydrogen-bond acceptors (Lipinski definition) is 2. The van der Waals surface area contributed by atoms with E-state index in [0.29, 0.717) is 0 Å². The van der Waals surface area contributed by atoms with Crippen LogP contribution < -0.4 is 0 Å². The van der Waals surface area contributed by atoms with Crippen molar-refractivity contribution in [2.75, 3.05) is 0 Å². The van der Waals surface area contributed by atoms with Gasteiger partial charge < -0.3 is 4.42 Å². The predicted molar refractivity (Wildman–Crippen MR) is 51.6 cm³/mol. The van der Waals surface area contributed by atoms with Crippen molar-refractivity contribution in [3.05, 3.63) is 55.1 Å². The highest BCUT2D eigenvalue weighted by molar-refractivity contribution is 5.76. The molecule has 13 heavy (non-hydrogen) atoms. The van der Waals surface area contributed by atoms with E-state index in [-0.39, 0.29) is 0 Å². The Hall–Kier alpha value is -1.83. The van der Waals surface area contributed by atoms with E-state index in [1.165, 1.54) is 0 Å². The first-order valence-electron chi connectivity index (χ1n) is 4.07. The van der Waals surface area contributed by atoms with Crippen LogP contribution in [-0.4, -0.2) is 4.98 Å². The van der Waals surface area contributed by atoms with Crippen molar-refractivity contribution in [3.63, 3.8) is 0 Å². The largest absolute Gasteiger partial charge is 0.473 e. The van der Waals surface area contributed by atoms with Gasteiger partial charge in [-0.25, -0.2) is 0 Å². The van der Waals surface area contributed by atoms with Crippen LogP contribution in [0.25, 0.3) is 10.9 Å². The van der Waals surface area contributed by atoms with Gasteiger partial charge in [-0.05, 0) is 18.2 Å². The standard InChI is InChI=1S/C11H9NO/c1-2-5-11-10(4-1)6-9-13-8-3-7-12-11/h1-9H. The Morgan fingerprint density at radius 1 is 0.923 bits per heavy atom. The van der Waals surface area contributed by atoms with E-state index < -0.39 is 0 Å². The quantitative estimate of drug-likeness (QED) is 0.609. The second kappa shape index (κ2) is 3.72. The lowest BCUT2D eigenvalue weighted by Gasteiger charge is -1.87. The number of benzene rings is 1. The van der Waals surface area contributed by atoms with Gasteiger partial charge in [0.2, 0.25) is 0 Å². The van der Waals surface area contributed by atoms with Gasteiger partial charge in [-0.1, -0.05) is 18.2 Å². The van der Waals surface area contributed by atoms with Crippen LogP contribution in [0.4, 0.5) is 0 Å². The molecule has 0 spiro atoms. The van der Waals surface area contributed by atoms with Crippen molar-refractivity contribution < 1.29 is 4.42 Å². The summed E-state index contributed by atoms with van der Waals surface area (Å²) < 4.78 is 5.06. The lowest BCUT2D eigenvalue weighted by atomic mass is 10.2. The zero-order chi connectivity index (χ0) is 8.93. The first-order chi connectivity index (χ1) is 6.47. The zero-order valence-corrected chi connectivity index (χ0v) is 7.05. The molecule has 64 valence electrons. The summed E-state index contributed by atoms with van der Waals surface area (Å²) in [5.74, 6) is 0. The Balaban J connectivity index is 2.82. The van der Waals surface area contributed by atoms with E-state index in [1.54, 1.807) is 24.8 Å². The fraction of sp³-hybridized carbons (Fsp3) is 0. The van der Waals surface area contributed by atoms with Crippen LogP contribution in [-0.2, 0) is 0 Å². The molecule has 0 saturated carbocycles. The number of rotatable bonds is 0. The zero-order valence-electron chi connectivity index (χ0n) is 7.05. The highest BCUT2D eigenvalue weighted by atomic mass is 16.3. The van der Waals surface area contributed by atoms with Crippen LogP contribution in [0, 0.1) is 0 Å². The Bertz CT molecular complexity index is 406. The summed E-state index contributed by atoms with van der Waals surface area (Å²) in [5.41, 5.74) is 0.953. The van der Waals surface area contributed by atoms with Crippen LogP contribution in [0.15, 0.2) is 59.5 Å². The Kier molecular flexibility index (Phi) is 2.23. The van der Waals surface area contributed by atoms with E-state index in [0.717, 1.165) is 10.9 Å². The van der Waals surface area contributed by atoms with Crippen molar-refractivity contribution in [2.45, 2.75) is 0 Å². The SMILES string of the molecule is c1cnc2ccccc2ccoc1. The molecular formula is C11H9NO. The average molecular weight is 171 g/mol. The molecule has 0 fully saturated rings. The molecule has 0 bridgehead atoms. The smallest absolute Gasteiger partial charge is 0.0916 e. The van der Waals surface area contributed by atoms with E-state index in [9.17, 15) is 0 Å². The first kappa shape index (κ1) is 7.80. The number of fused-ring (bicyclic) bond motifs is 1. The second-order valence-electron chi connectivity index (χ2n) is 2.60. The van der Waals surface area contributed by atoms with Gasteiger partial charge in [-0.15, -0.1) is 0 Å². The summed E-state index contributed by atoms with van der Waals surface area (Å²) in [4.78, 5) is 4.26. The van der Waals surface area contributed by atoms with E-state index >= 15 is 0 Å². The van der Waals surface area contributed by atoms with Crippen molar-refractivity contribution in [1.82, 2.24) is 4.98 Å². The van der Waals surface area contributed by atoms with Crippen molar-refractivity contribution in [1.29, 1.82) is 0 Å². The molecule has 0 unspecified atom stereocenters. The molecule has 0 aliphatic rings. The van der Waals surface area contributed by atoms with Gasteiger partial charge in [0.1, 0.15) is 0 Å². The lowest BCUT2D eigenvalue weighted by molar-refractivity contribution is 0.555. The summed E-state index contributed by atoms with van der Waals surface area (Å²) in [6.45, 7) is 0. The number of hydrogen-bond donors (Lipinski definition) is 0. The monoisotopic (exact) mass is 171 g/mol. The van der Waals surface area contributed by atoms with E-state index in [2.05, 4.69) is 4.98 Å². The molecule has 1 aromatic heterocycles. The van der Waals surface area contributed by atoms with Crippen LogP contribution >= 0.6 is 0 Å². The maximum absolute atomic E-state index is 5.06. The van der Waals surface area contributed by atoms with Gasteiger partial charge in [0.05, 0.1) is 18.0 Å². The molecular weight excluding hydrogens is 162 g/mol. The maximum Gasteiger partial charge on any atom is 0.0916 e. The molecule has 1 heterocycles. The molecule has 0 N–H and O–H groups in total. The predicted octanol–water partition coefficient (Wildman–Crippen LogP) is 2.95. The summed E-state index contributed by atoms with van der Waals surface area (Å²) in [7, 11) is 0.